The number of imidazole rings is 1. The van der Waals surface area contributed by atoms with Gasteiger partial charge in [0.25, 0.3) is 0 Å². The monoisotopic (exact) mass is 383 g/mol. The lowest BCUT2D eigenvalue weighted by molar-refractivity contribution is -0.0312. The first-order valence-corrected chi connectivity index (χ1v) is 9.79. The molecule has 4 N–H and O–H groups in total. The molecule has 28 heavy (non-hydrogen) atoms. The fourth-order valence-corrected chi connectivity index (χ4v) is 4.60. The van der Waals surface area contributed by atoms with Crippen molar-refractivity contribution in [1.29, 1.82) is 0 Å². The standard InChI is InChI=1S/C20H25N5O3/c1-11-16(26)17(27)20(28-11)25-9-22-15-18(21)24(10-23-19(15)25)14-8-4-6-12-5-2-3-7-13(12)14/h2-3,5,7,9-11,14,16-18,20,26-27H,4,6,8,21H2,1H3/t11-,14?,16?,17?,18?,20-/m1/s1. The van der Waals surface area contributed by atoms with Gasteiger partial charge in [0.05, 0.1) is 24.8 Å². The summed E-state index contributed by atoms with van der Waals surface area (Å²) in [6.07, 6.45) is 2.96. The molecule has 0 saturated carbocycles. The van der Waals surface area contributed by atoms with E-state index < -0.39 is 30.7 Å². The smallest absolute Gasteiger partial charge is 0.165 e. The van der Waals surface area contributed by atoms with Gasteiger partial charge >= 0.3 is 0 Å². The Labute approximate surface area is 163 Å². The van der Waals surface area contributed by atoms with E-state index in [2.05, 4.69) is 39.1 Å². The highest BCUT2D eigenvalue weighted by Gasteiger charge is 2.43. The first-order valence-electron chi connectivity index (χ1n) is 9.79. The van der Waals surface area contributed by atoms with Crippen molar-refractivity contribution in [3.8, 4) is 0 Å². The Bertz CT molecular complexity index is 913. The number of ether oxygens (including phenoxy) is 1. The Morgan fingerprint density at radius 3 is 2.82 bits per heavy atom. The fourth-order valence-electron chi connectivity index (χ4n) is 4.60. The van der Waals surface area contributed by atoms with Gasteiger partial charge in [-0.2, -0.15) is 0 Å². The molecule has 1 aliphatic carbocycles. The number of aliphatic imine (C=N–C) groups is 1. The van der Waals surface area contributed by atoms with Crippen LogP contribution < -0.4 is 5.73 Å². The summed E-state index contributed by atoms with van der Waals surface area (Å²) < 4.78 is 7.38. The van der Waals surface area contributed by atoms with Gasteiger partial charge in [0.2, 0.25) is 0 Å². The van der Waals surface area contributed by atoms with Crippen LogP contribution in [0.15, 0.2) is 35.6 Å². The Morgan fingerprint density at radius 1 is 1.21 bits per heavy atom. The minimum absolute atomic E-state index is 0.164. The number of aliphatic hydroxyl groups is 2. The van der Waals surface area contributed by atoms with Crippen molar-refractivity contribution in [1.82, 2.24) is 14.5 Å². The van der Waals surface area contributed by atoms with Crippen LogP contribution in [0.2, 0.25) is 0 Å². The summed E-state index contributed by atoms with van der Waals surface area (Å²) in [6.45, 7) is 1.73. The number of fused-ring (bicyclic) bond motifs is 2. The first-order chi connectivity index (χ1) is 13.6. The molecule has 3 aliphatic rings. The fraction of sp³-hybridized carbons (Fsp3) is 0.500. The maximum absolute atomic E-state index is 10.3. The van der Waals surface area contributed by atoms with Crippen LogP contribution in [0.25, 0.3) is 0 Å². The van der Waals surface area contributed by atoms with E-state index in [1.807, 2.05) is 0 Å². The van der Waals surface area contributed by atoms with Gasteiger partial charge in [0.15, 0.2) is 12.0 Å². The van der Waals surface area contributed by atoms with Crippen molar-refractivity contribution in [2.45, 2.75) is 62.9 Å². The van der Waals surface area contributed by atoms with Crippen LogP contribution in [-0.2, 0) is 11.2 Å². The second-order valence-corrected chi connectivity index (χ2v) is 7.82. The summed E-state index contributed by atoms with van der Waals surface area (Å²) in [4.78, 5) is 11.2. The summed E-state index contributed by atoms with van der Waals surface area (Å²) in [5, 5.41) is 20.3. The summed E-state index contributed by atoms with van der Waals surface area (Å²) in [7, 11) is 0. The molecule has 0 spiro atoms. The summed E-state index contributed by atoms with van der Waals surface area (Å²) >= 11 is 0. The molecule has 148 valence electrons. The number of nitrogens with zero attached hydrogens (tertiary/aromatic N) is 4. The molecule has 8 nitrogen and oxygen atoms in total. The summed E-state index contributed by atoms with van der Waals surface area (Å²) in [5.41, 5.74) is 9.89. The van der Waals surface area contributed by atoms with Crippen molar-refractivity contribution in [2.24, 2.45) is 10.7 Å². The molecule has 1 fully saturated rings. The van der Waals surface area contributed by atoms with E-state index in [4.69, 9.17) is 10.5 Å². The van der Waals surface area contributed by atoms with Gasteiger partial charge in [-0.1, -0.05) is 24.3 Å². The zero-order valence-electron chi connectivity index (χ0n) is 15.7. The van der Waals surface area contributed by atoms with Gasteiger partial charge in [-0.3, -0.25) is 4.57 Å². The van der Waals surface area contributed by atoms with Crippen molar-refractivity contribution < 1.29 is 14.9 Å². The zero-order valence-corrected chi connectivity index (χ0v) is 15.7. The number of rotatable bonds is 2. The molecule has 8 heteroatoms. The Morgan fingerprint density at radius 2 is 2.04 bits per heavy atom. The second-order valence-electron chi connectivity index (χ2n) is 7.82. The lowest BCUT2D eigenvalue weighted by Gasteiger charge is -2.39. The lowest BCUT2D eigenvalue weighted by atomic mass is 9.86. The maximum atomic E-state index is 10.3. The van der Waals surface area contributed by atoms with Crippen LogP contribution in [0.3, 0.4) is 0 Å². The third kappa shape index (κ3) is 2.60. The van der Waals surface area contributed by atoms with E-state index in [0.717, 1.165) is 19.3 Å². The number of benzene rings is 1. The largest absolute Gasteiger partial charge is 0.388 e. The molecule has 6 atom stereocenters. The first kappa shape index (κ1) is 17.8. The van der Waals surface area contributed by atoms with Gasteiger partial charge in [-0.15, -0.1) is 0 Å². The van der Waals surface area contributed by atoms with E-state index >= 15 is 0 Å². The quantitative estimate of drug-likeness (QED) is 0.726. The van der Waals surface area contributed by atoms with Crippen molar-refractivity contribution >= 4 is 12.2 Å². The minimum Gasteiger partial charge on any atom is -0.388 e. The number of aliphatic hydroxyl groups excluding tert-OH is 2. The summed E-state index contributed by atoms with van der Waals surface area (Å²) in [6, 6.07) is 8.65. The van der Waals surface area contributed by atoms with Crippen LogP contribution in [0, 0.1) is 0 Å². The molecule has 4 unspecified atom stereocenters. The minimum atomic E-state index is -1.04. The number of aromatic nitrogens is 2. The molecule has 2 aromatic rings. The molecular weight excluding hydrogens is 358 g/mol. The van der Waals surface area contributed by atoms with E-state index in [9.17, 15) is 10.2 Å². The third-order valence-corrected chi connectivity index (χ3v) is 6.16. The third-order valence-electron chi connectivity index (χ3n) is 6.16. The average Bonchev–Trinajstić information content (AvgIpc) is 3.25. The highest BCUT2D eigenvalue weighted by Crippen LogP contribution is 2.42. The predicted molar refractivity (Wildman–Crippen MR) is 103 cm³/mol. The van der Waals surface area contributed by atoms with E-state index in [0.29, 0.717) is 11.5 Å². The van der Waals surface area contributed by atoms with Crippen molar-refractivity contribution in [3.63, 3.8) is 0 Å². The molecular formula is C20H25N5O3. The molecule has 1 aromatic carbocycles. The van der Waals surface area contributed by atoms with Crippen LogP contribution in [0.5, 0.6) is 0 Å². The van der Waals surface area contributed by atoms with Gasteiger partial charge in [0, 0.05) is 0 Å². The number of hydrogen-bond donors (Lipinski definition) is 3. The SMILES string of the molecule is C[C@H]1O[C@@H](n2cnc3c2N=CN(C2CCCc4ccccc42)C3N)C(O)C1O. The number of aryl methyl sites for hydroxylation is 1. The van der Waals surface area contributed by atoms with Gasteiger partial charge in [-0.25, -0.2) is 9.98 Å². The summed E-state index contributed by atoms with van der Waals surface area (Å²) in [5.74, 6) is 0.568. The predicted octanol–water partition coefficient (Wildman–Crippen LogP) is 1.53. The van der Waals surface area contributed by atoms with Crippen molar-refractivity contribution in [2.75, 3.05) is 0 Å². The number of nitrogens with two attached hydrogens (primary N) is 1. The molecule has 1 aromatic heterocycles. The Hall–Kier alpha value is -2.26. The van der Waals surface area contributed by atoms with Crippen LogP contribution in [0.1, 0.15) is 55.0 Å². The Kier molecular flexibility index (Phi) is 4.24. The Balaban J connectivity index is 1.46. The van der Waals surface area contributed by atoms with Gasteiger partial charge in [-0.05, 0) is 37.3 Å². The normalized spacial score (nSPS) is 34.4. The van der Waals surface area contributed by atoms with Gasteiger partial charge in [0.1, 0.15) is 24.1 Å². The lowest BCUT2D eigenvalue weighted by Crippen LogP contribution is -2.40. The average molecular weight is 383 g/mol. The van der Waals surface area contributed by atoms with Crippen LogP contribution in [-0.4, -0.2) is 49.3 Å². The van der Waals surface area contributed by atoms with E-state index in [1.165, 1.54) is 11.1 Å². The molecule has 0 bridgehead atoms. The number of hydrogen-bond acceptors (Lipinski definition) is 7. The topological polar surface area (TPSA) is 109 Å². The molecule has 0 radical (unpaired) electrons. The van der Waals surface area contributed by atoms with Crippen LogP contribution >= 0.6 is 0 Å². The maximum Gasteiger partial charge on any atom is 0.165 e. The zero-order chi connectivity index (χ0) is 19.4. The highest BCUT2D eigenvalue weighted by molar-refractivity contribution is 5.66. The molecule has 3 heterocycles. The van der Waals surface area contributed by atoms with Crippen LogP contribution in [0.4, 0.5) is 5.82 Å². The molecule has 0 amide bonds. The van der Waals surface area contributed by atoms with E-state index in [-0.39, 0.29) is 6.04 Å². The van der Waals surface area contributed by atoms with E-state index in [1.54, 1.807) is 24.2 Å². The molecule has 2 aliphatic heterocycles. The molecule has 5 rings (SSSR count). The highest BCUT2D eigenvalue weighted by atomic mass is 16.6. The van der Waals surface area contributed by atoms with Gasteiger partial charge < -0.3 is 25.6 Å². The second kappa shape index (κ2) is 6.66. The van der Waals surface area contributed by atoms with Crippen molar-refractivity contribution in [3.05, 3.63) is 47.4 Å². The molecule has 1 saturated heterocycles.